The number of carbonyl (C=O) groups is 3. The Hall–Kier alpha value is -2.60. The van der Waals surface area contributed by atoms with Gasteiger partial charge in [-0.25, -0.2) is 0 Å². The smallest absolute Gasteiger partial charge is 0.262 e. The SMILES string of the molecule is CCSc1ccc(NC(=O)CN2C(=O)c3ccccc3C2=O)cc1. The molecule has 0 unspecified atom stereocenters. The lowest BCUT2D eigenvalue weighted by Gasteiger charge is -2.13. The van der Waals surface area contributed by atoms with Crippen molar-refractivity contribution in [3.63, 3.8) is 0 Å². The van der Waals surface area contributed by atoms with Gasteiger partial charge in [-0.15, -0.1) is 11.8 Å². The summed E-state index contributed by atoms with van der Waals surface area (Å²) in [6.45, 7) is 1.78. The predicted molar refractivity (Wildman–Crippen MR) is 93.3 cm³/mol. The Labute approximate surface area is 144 Å². The summed E-state index contributed by atoms with van der Waals surface area (Å²) in [5.41, 5.74) is 1.32. The monoisotopic (exact) mass is 340 g/mol. The zero-order valence-corrected chi connectivity index (χ0v) is 13.9. The number of benzene rings is 2. The van der Waals surface area contributed by atoms with Crippen molar-refractivity contribution in [3.05, 3.63) is 59.7 Å². The van der Waals surface area contributed by atoms with Gasteiger partial charge in [0.25, 0.3) is 11.8 Å². The van der Waals surface area contributed by atoms with Crippen LogP contribution in [0.5, 0.6) is 0 Å². The Balaban J connectivity index is 1.65. The highest BCUT2D eigenvalue weighted by atomic mass is 32.2. The molecule has 0 saturated heterocycles. The molecule has 0 aromatic heterocycles. The number of carbonyl (C=O) groups excluding carboxylic acids is 3. The fraction of sp³-hybridized carbons (Fsp3) is 0.167. The van der Waals surface area contributed by atoms with Gasteiger partial charge in [0.2, 0.25) is 5.91 Å². The minimum absolute atomic E-state index is 0.294. The number of hydrogen-bond acceptors (Lipinski definition) is 4. The molecule has 2 aromatic carbocycles. The molecule has 0 spiro atoms. The Bertz CT molecular complexity index is 767. The van der Waals surface area contributed by atoms with Crippen molar-refractivity contribution >= 4 is 35.2 Å². The third-order valence-corrected chi connectivity index (χ3v) is 4.52. The van der Waals surface area contributed by atoms with Gasteiger partial charge in [-0.05, 0) is 42.2 Å². The zero-order valence-electron chi connectivity index (χ0n) is 13.1. The second-order valence-corrected chi connectivity index (χ2v) is 6.59. The van der Waals surface area contributed by atoms with E-state index in [1.807, 2.05) is 12.1 Å². The van der Waals surface area contributed by atoms with Crippen LogP contribution in [0.25, 0.3) is 0 Å². The standard InChI is InChI=1S/C18H16N2O3S/c1-2-24-13-9-7-12(8-10-13)19-16(21)11-20-17(22)14-5-3-4-6-15(14)18(20)23/h3-10H,2,11H2,1H3,(H,19,21). The maximum atomic E-state index is 12.2. The van der Waals surface area contributed by atoms with Gasteiger partial charge in [-0.3, -0.25) is 19.3 Å². The molecule has 0 atom stereocenters. The van der Waals surface area contributed by atoms with Crippen LogP contribution < -0.4 is 5.32 Å². The molecule has 6 heteroatoms. The minimum atomic E-state index is -0.430. The van der Waals surface area contributed by atoms with Gasteiger partial charge >= 0.3 is 0 Å². The van der Waals surface area contributed by atoms with Crippen LogP contribution in [-0.2, 0) is 4.79 Å². The van der Waals surface area contributed by atoms with Gasteiger partial charge in [-0.2, -0.15) is 0 Å². The quantitative estimate of drug-likeness (QED) is 0.671. The van der Waals surface area contributed by atoms with Gasteiger partial charge < -0.3 is 5.32 Å². The first-order chi connectivity index (χ1) is 11.6. The van der Waals surface area contributed by atoms with Gasteiger partial charge in [0.05, 0.1) is 11.1 Å². The average molecular weight is 340 g/mol. The van der Waals surface area contributed by atoms with E-state index in [1.54, 1.807) is 48.2 Å². The van der Waals surface area contributed by atoms with E-state index in [4.69, 9.17) is 0 Å². The summed E-state index contributed by atoms with van der Waals surface area (Å²) in [6.07, 6.45) is 0. The second-order valence-electron chi connectivity index (χ2n) is 5.25. The van der Waals surface area contributed by atoms with Crippen molar-refractivity contribution in [1.29, 1.82) is 0 Å². The summed E-state index contributed by atoms with van der Waals surface area (Å²) < 4.78 is 0. The number of amides is 3. The van der Waals surface area contributed by atoms with Crippen LogP contribution in [-0.4, -0.2) is 34.9 Å². The molecule has 1 aliphatic heterocycles. The summed E-state index contributed by atoms with van der Waals surface area (Å²) >= 11 is 1.71. The maximum Gasteiger partial charge on any atom is 0.262 e. The molecule has 1 N–H and O–H groups in total. The number of fused-ring (bicyclic) bond motifs is 1. The van der Waals surface area contributed by atoms with Gasteiger partial charge in [0.15, 0.2) is 0 Å². The molecule has 5 nitrogen and oxygen atoms in total. The van der Waals surface area contributed by atoms with Crippen LogP contribution >= 0.6 is 11.8 Å². The lowest BCUT2D eigenvalue weighted by atomic mass is 10.1. The van der Waals surface area contributed by atoms with E-state index in [0.29, 0.717) is 16.8 Å². The number of thioether (sulfide) groups is 1. The number of nitrogens with one attached hydrogen (secondary N) is 1. The fourth-order valence-electron chi connectivity index (χ4n) is 2.53. The van der Waals surface area contributed by atoms with Crippen molar-refractivity contribution in [1.82, 2.24) is 4.90 Å². The van der Waals surface area contributed by atoms with E-state index in [0.717, 1.165) is 15.5 Å². The van der Waals surface area contributed by atoms with E-state index in [9.17, 15) is 14.4 Å². The topological polar surface area (TPSA) is 66.5 Å². The Morgan fingerprint density at radius 1 is 1.00 bits per heavy atom. The third-order valence-electron chi connectivity index (χ3n) is 3.63. The van der Waals surface area contributed by atoms with E-state index in [-0.39, 0.29) is 6.54 Å². The Kier molecular flexibility index (Phi) is 4.66. The minimum Gasteiger partial charge on any atom is -0.325 e. The number of hydrogen-bond donors (Lipinski definition) is 1. The number of rotatable bonds is 5. The van der Waals surface area contributed by atoms with Crippen LogP contribution in [0.2, 0.25) is 0 Å². The maximum absolute atomic E-state index is 12.2. The predicted octanol–water partition coefficient (Wildman–Crippen LogP) is 3.03. The number of anilines is 1. The first-order valence-corrected chi connectivity index (χ1v) is 8.56. The molecular weight excluding hydrogens is 324 g/mol. The molecule has 1 aliphatic rings. The van der Waals surface area contributed by atoms with Crippen LogP contribution in [0, 0.1) is 0 Å². The molecule has 3 rings (SSSR count). The van der Waals surface area contributed by atoms with Crippen molar-refractivity contribution in [2.45, 2.75) is 11.8 Å². The molecular formula is C18H16N2O3S. The van der Waals surface area contributed by atoms with Crippen LogP contribution in [0.1, 0.15) is 27.6 Å². The summed E-state index contributed by atoms with van der Waals surface area (Å²) in [6, 6.07) is 14.0. The fourth-order valence-corrected chi connectivity index (χ4v) is 3.19. The third kappa shape index (κ3) is 3.19. The Morgan fingerprint density at radius 2 is 1.58 bits per heavy atom. The highest BCUT2D eigenvalue weighted by molar-refractivity contribution is 7.99. The Morgan fingerprint density at radius 3 is 2.12 bits per heavy atom. The molecule has 0 bridgehead atoms. The van der Waals surface area contributed by atoms with E-state index >= 15 is 0 Å². The highest BCUT2D eigenvalue weighted by Crippen LogP contribution is 2.23. The molecule has 3 amide bonds. The van der Waals surface area contributed by atoms with Gasteiger partial charge in [-0.1, -0.05) is 19.1 Å². The van der Waals surface area contributed by atoms with Crippen LogP contribution in [0.15, 0.2) is 53.4 Å². The molecule has 122 valence electrons. The average Bonchev–Trinajstić information content (AvgIpc) is 2.82. The van der Waals surface area contributed by atoms with Crippen molar-refractivity contribution in [2.24, 2.45) is 0 Å². The van der Waals surface area contributed by atoms with Gasteiger partial charge in [0.1, 0.15) is 6.54 Å². The lowest BCUT2D eigenvalue weighted by Crippen LogP contribution is -2.37. The molecule has 0 fully saturated rings. The van der Waals surface area contributed by atoms with Crippen molar-refractivity contribution in [2.75, 3.05) is 17.6 Å². The van der Waals surface area contributed by atoms with E-state index in [1.165, 1.54) is 0 Å². The molecule has 0 radical (unpaired) electrons. The molecule has 0 saturated carbocycles. The van der Waals surface area contributed by atoms with Crippen molar-refractivity contribution in [3.8, 4) is 0 Å². The van der Waals surface area contributed by atoms with Crippen LogP contribution in [0.4, 0.5) is 5.69 Å². The first kappa shape index (κ1) is 16.3. The highest BCUT2D eigenvalue weighted by Gasteiger charge is 2.36. The largest absolute Gasteiger partial charge is 0.325 e. The second kappa shape index (κ2) is 6.88. The molecule has 24 heavy (non-hydrogen) atoms. The summed E-state index contributed by atoms with van der Waals surface area (Å²) in [5.74, 6) is -0.285. The number of nitrogens with zero attached hydrogens (tertiary/aromatic N) is 1. The first-order valence-electron chi connectivity index (χ1n) is 7.58. The van der Waals surface area contributed by atoms with E-state index < -0.39 is 17.7 Å². The van der Waals surface area contributed by atoms with Crippen molar-refractivity contribution < 1.29 is 14.4 Å². The van der Waals surface area contributed by atoms with Gasteiger partial charge in [0, 0.05) is 10.6 Å². The molecule has 1 heterocycles. The number of imide groups is 1. The summed E-state index contributed by atoms with van der Waals surface area (Å²) in [7, 11) is 0. The van der Waals surface area contributed by atoms with E-state index in [2.05, 4.69) is 12.2 Å². The normalized spacial score (nSPS) is 13.1. The summed E-state index contributed by atoms with van der Waals surface area (Å²) in [5, 5.41) is 2.71. The zero-order chi connectivity index (χ0) is 17.1. The van der Waals surface area contributed by atoms with Crippen LogP contribution in [0.3, 0.4) is 0 Å². The lowest BCUT2D eigenvalue weighted by molar-refractivity contribution is -0.116. The molecule has 0 aliphatic carbocycles. The summed E-state index contributed by atoms with van der Waals surface area (Å²) in [4.78, 5) is 38.7. The molecule has 2 aromatic rings.